The number of hydrogen-bond acceptors (Lipinski definition) is 5. The zero-order valence-electron chi connectivity index (χ0n) is 15.6. The molecule has 0 bridgehead atoms. The summed E-state index contributed by atoms with van der Waals surface area (Å²) in [6.45, 7) is 4.61. The van der Waals surface area contributed by atoms with Gasteiger partial charge < -0.3 is 14.4 Å². The van der Waals surface area contributed by atoms with Gasteiger partial charge in [0, 0.05) is 40.9 Å². The number of Topliss-reactive ketones (excluding diaryl/α,β-unsaturated/α-hetero) is 1. The summed E-state index contributed by atoms with van der Waals surface area (Å²) in [6, 6.07) is 15.9. The minimum atomic E-state index is 0.0393. The van der Waals surface area contributed by atoms with Gasteiger partial charge in [0.25, 0.3) is 0 Å². The van der Waals surface area contributed by atoms with E-state index < -0.39 is 0 Å². The van der Waals surface area contributed by atoms with Crippen LogP contribution in [0.1, 0.15) is 17.3 Å². The minimum Gasteiger partial charge on any atom is -0.481 e. The van der Waals surface area contributed by atoms with Crippen LogP contribution in [0.2, 0.25) is 0 Å². The Labute approximate surface area is 158 Å². The molecule has 1 aliphatic rings. The highest BCUT2D eigenvalue weighted by atomic mass is 16.5. The molecule has 0 spiro atoms. The van der Waals surface area contributed by atoms with Crippen LogP contribution in [0.4, 0.5) is 5.69 Å². The maximum absolute atomic E-state index is 12.0. The molecule has 0 unspecified atom stereocenters. The van der Waals surface area contributed by atoms with E-state index in [0.29, 0.717) is 24.7 Å². The van der Waals surface area contributed by atoms with Crippen molar-refractivity contribution in [3.63, 3.8) is 0 Å². The molecule has 5 heteroatoms. The number of ether oxygens (including phenoxy) is 2. The van der Waals surface area contributed by atoms with Gasteiger partial charge in [-0.1, -0.05) is 18.2 Å². The third kappa shape index (κ3) is 3.38. The summed E-state index contributed by atoms with van der Waals surface area (Å²) in [6.07, 6.45) is 0. The first-order valence-electron chi connectivity index (χ1n) is 9.09. The molecule has 1 fully saturated rings. The second-order valence-corrected chi connectivity index (χ2v) is 6.63. The fourth-order valence-corrected chi connectivity index (χ4v) is 3.50. The number of carbonyl (C=O) groups is 1. The minimum absolute atomic E-state index is 0.0393. The van der Waals surface area contributed by atoms with Gasteiger partial charge in [-0.2, -0.15) is 0 Å². The van der Waals surface area contributed by atoms with Crippen LogP contribution < -0.4 is 9.64 Å². The third-order valence-electron chi connectivity index (χ3n) is 4.93. The molecule has 0 aliphatic carbocycles. The summed E-state index contributed by atoms with van der Waals surface area (Å²) in [5, 5.41) is 1.04. The Balaban J connectivity index is 1.94. The summed E-state index contributed by atoms with van der Waals surface area (Å²) in [5.41, 5.74) is 4.48. The monoisotopic (exact) mass is 362 g/mol. The van der Waals surface area contributed by atoms with Gasteiger partial charge in [0.15, 0.2) is 5.78 Å². The van der Waals surface area contributed by atoms with Gasteiger partial charge in [0.2, 0.25) is 5.88 Å². The molecule has 3 aromatic rings. The number of pyridine rings is 1. The van der Waals surface area contributed by atoms with Crippen LogP contribution in [0.5, 0.6) is 5.88 Å². The number of ketones is 1. The summed E-state index contributed by atoms with van der Waals surface area (Å²) < 4.78 is 11.1. The first kappa shape index (κ1) is 17.5. The highest BCUT2D eigenvalue weighted by molar-refractivity contribution is 5.98. The summed E-state index contributed by atoms with van der Waals surface area (Å²) in [7, 11) is 1.63. The van der Waals surface area contributed by atoms with Gasteiger partial charge >= 0.3 is 0 Å². The Morgan fingerprint density at radius 3 is 2.59 bits per heavy atom. The average Bonchev–Trinajstić information content (AvgIpc) is 2.73. The van der Waals surface area contributed by atoms with Crippen molar-refractivity contribution in [2.75, 3.05) is 38.3 Å². The molecule has 138 valence electrons. The molecule has 2 heterocycles. The van der Waals surface area contributed by atoms with E-state index in [2.05, 4.69) is 16.0 Å². The van der Waals surface area contributed by atoms with E-state index in [1.54, 1.807) is 14.0 Å². The normalized spacial score (nSPS) is 14.4. The summed E-state index contributed by atoms with van der Waals surface area (Å²) in [5.74, 6) is 0.599. The molecule has 0 saturated carbocycles. The van der Waals surface area contributed by atoms with Gasteiger partial charge in [-0.25, -0.2) is 4.98 Å². The molecular weight excluding hydrogens is 340 g/mol. The number of methoxy groups -OCH3 is 1. The number of benzene rings is 2. The van der Waals surface area contributed by atoms with Crippen molar-refractivity contribution in [3.05, 3.63) is 54.1 Å². The smallest absolute Gasteiger partial charge is 0.221 e. The first-order chi connectivity index (χ1) is 13.2. The van der Waals surface area contributed by atoms with Crippen LogP contribution >= 0.6 is 0 Å². The molecule has 1 aromatic heterocycles. The lowest BCUT2D eigenvalue weighted by Crippen LogP contribution is -2.36. The van der Waals surface area contributed by atoms with Crippen molar-refractivity contribution in [3.8, 4) is 17.0 Å². The van der Waals surface area contributed by atoms with E-state index in [-0.39, 0.29) is 5.78 Å². The van der Waals surface area contributed by atoms with Gasteiger partial charge in [-0.3, -0.25) is 4.79 Å². The van der Waals surface area contributed by atoms with E-state index >= 15 is 0 Å². The predicted molar refractivity (Wildman–Crippen MR) is 107 cm³/mol. The molecule has 5 nitrogen and oxygen atoms in total. The molecule has 4 rings (SSSR count). The van der Waals surface area contributed by atoms with Crippen molar-refractivity contribution < 1.29 is 14.3 Å². The molecule has 27 heavy (non-hydrogen) atoms. The highest BCUT2D eigenvalue weighted by Crippen LogP contribution is 2.38. The third-order valence-corrected chi connectivity index (χ3v) is 4.93. The van der Waals surface area contributed by atoms with E-state index in [1.807, 2.05) is 42.5 Å². The Hall–Kier alpha value is -2.92. The van der Waals surface area contributed by atoms with Gasteiger partial charge in [-0.15, -0.1) is 0 Å². The molecule has 0 N–H and O–H groups in total. The number of nitrogens with zero attached hydrogens (tertiary/aromatic N) is 2. The van der Waals surface area contributed by atoms with Gasteiger partial charge in [-0.05, 0) is 37.3 Å². The van der Waals surface area contributed by atoms with Crippen LogP contribution in [0.15, 0.2) is 48.5 Å². The second-order valence-electron chi connectivity index (χ2n) is 6.63. The van der Waals surface area contributed by atoms with E-state index in [9.17, 15) is 4.79 Å². The topological polar surface area (TPSA) is 51.7 Å². The highest BCUT2D eigenvalue weighted by Gasteiger charge is 2.20. The summed E-state index contributed by atoms with van der Waals surface area (Å²) >= 11 is 0. The number of para-hydroxylation sites is 1. The van der Waals surface area contributed by atoms with E-state index in [4.69, 9.17) is 9.47 Å². The Morgan fingerprint density at radius 1 is 1.07 bits per heavy atom. The molecule has 0 radical (unpaired) electrons. The maximum atomic E-state index is 12.0. The standard InChI is InChI=1S/C22H22N2O3/c1-15(25)16-7-8-21(24-9-11-27-12-10-24)18(13-16)19-14-17-5-3-4-6-20(17)23-22(19)26-2/h3-8,13-14H,9-12H2,1-2H3. The number of rotatable bonds is 4. The van der Waals surface area contributed by atoms with Crippen LogP contribution in [-0.4, -0.2) is 44.2 Å². The van der Waals surface area contributed by atoms with Crippen molar-refractivity contribution >= 4 is 22.4 Å². The fourth-order valence-electron chi connectivity index (χ4n) is 3.50. The fraction of sp³-hybridized carbons (Fsp3) is 0.273. The lowest BCUT2D eigenvalue weighted by Gasteiger charge is -2.31. The van der Waals surface area contributed by atoms with Crippen LogP contribution in [-0.2, 0) is 4.74 Å². The maximum Gasteiger partial charge on any atom is 0.221 e. The van der Waals surface area contributed by atoms with Crippen molar-refractivity contribution in [1.82, 2.24) is 4.98 Å². The predicted octanol–water partition coefficient (Wildman–Crippen LogP) is 3.95. The molecule has 1 aliphatic heterocycles. The van der Waals surface area contributed by atoms with Crippen LogP contribution in [0, 0.1) is 0 Å². The Bertz CT molecular complexity index is 994. The SMILES string of the molecule is COc1nc2ccccc2cc1-c1cc(C(C)=O)ccc1N1CCOCC1. The Kier molecular flexibility index (Phi) is 4.77. The lowest BCUT2D eigenvalue weighted by molar-refractivity contribution is 0.101. The number of fused-ring (bicyclic) bond motifs is 1. The molecule has 1 saturated heterocycles. The zero-order valence-corrected chi connectivity index (χ0v) is 15.6. The molecule has 2 aromatic carbocycles. The number of aromatic nitrogens is 1. The van der Waals surface area contributed by atoms with Gasteiger partial charge in [0.1, 0.15) is 0 Å². The lowest BCUT2D eigenvalue weighted by atomic mass is 9.98. The quantitative estimate of drug-likeness (QED) is 0.658. The van der Waals surface area contributed by atoms with Crippen molar-refractivity contribution in [2.45, 2.75) is 6.92 Å². The average molecular weight is 362 g/mol. The van der Waals surface area contributed by atoms with Gasteiger partial charge in [0.05, 0.1) is 25.8 Å². The van der Waals surface area contributed by atoms with Crippen LogP contribution in [0.25, 0.3) is 22.0 Å². The Morgan fingerprint density at radius 2 is 1.85 bits per heavy atom. The molecule has 0 amide bonds. The first-order valence-corrected chi connectivity index (χ1v) is 9.09. The van der Waals surface area contributed by atoms with Crippen LogP contribution in [0.3, 0.4) is 0 Å². The molecular formula is C22H22N2O3. The van der Waals surface area contributed by atoms with E-state index in [0.717, 1.165) is 40.8 Å². The number of carbonyl (C=O) groups excluding carboxylic acids is 1. The van der Waals surface area contributed by atoms with Crippen molar-refractivity contribution in [2.24, 2.45) is 0 Å². The number of morpholine rings is 1. The molecule has 0 atom stereocenters. The number of hydrogen-bond donors (Lipinski definition) is 0. The van der Waals surface area contributed by atoms with E-state index in [1.165, 1.54) is 0 Å². The number of anilines is 1. The van der Waals surface area contributed by atoms with Crippen molar-refractivity contribution in [1.29, 1.82) is 0 Å². The zero-order chi connectivity index (χ0) is 18.8. The largest absolute Gasteiger partial charge is 0.481 e. The second kappa shape index (κ2) is 7.37. The summed E-state index contributed by atoms with van der Waals surface area (Å²) in [4.78, 5) is 19.0.